The minimum absolute atomic E-state index is 0.0251. The lowest BCUT2D eigenvalue weighted by Gasteiger charge is -2.25. The molecule has 0 saturated carbocycles. The van der Waals surface area contributed by atoms with Crippen molar-refractivity contribution in [2.45, 2.75) is 51.0 Å². The Morgan fingerprint density at radius 3 is 2.21 bits per heavy atom. The number of nitrogens with zero attached hydrogens (tertiary/aromatic N) is 1. The maximum atomic E-state index is 12.5. The van der Waals surface area contributed by atoms with Crippen molar-refractivity contribution in [2.75, 3.05) is 12.8 Å². The Bertz CT molecular complexity index is 522. The van der Waals surface area contributed by atoms with Crippen LogP contribution in [0.15, 0.2) is 23.1 Å². The van der Waals surface area contributed by atoms with Crippen LogP contribution in [0.2, 0.25) is 0 Å². The Balaban J connectivity index is 3.16. The van der Waals surface area contributed by atoms with Gasteiger partial charge in [-0.3, -0.25) is 0 Å². The Morgan fingerprint density at radius 2 is 1.79 bits per heavy atom. The summed E-state index contributed by atoms with van der Waals surface area (Å²) in [6, 6.07) is 5.02. The normalized spacial score (nSPS) is 12.3. The van der Waals surface area contributed by atoms with E-state index < -0.39 is 10.0 Å². The molecule has 0 saturated heterocycles. The fourth-order valence-corrected chi connectivity index (χ4v) is 3.76. The van der Waals surface area contributed by atoms with E-state index in [2.05, 4.69) is 0 Å². The number of sulfonamides is 1. The van der Waals surface area contributed by atoms with Crippen molar-refractivity contribution in [3.8, 4) is 0 Å². The average molecular weight is 284 g/mol. The first-order valence-corrected chi connectivity index (χ1v) is 8.18. The molecule has 0 spiro atoms. The van der Waals surface area contributed by atoms with Gasteiger partial charge in [-0.2, -0.15) is 4.31 Å². The van der Waals surface area contributed by atoms with Crippen LogP contribution < -0.4 is 5.73 Å². The van der Waals surface area contributed by atoms with Crippen LogP contribution in [0.5, 0.6) is 0 Å². The lowest BCUT2D eigenvalue weighted by Crippen LogP contribution is -2.36. The first kappa shape index (κ1) is 16.0. The molecule has 0 unspecified atom stereocenters. The van der Waals surface area contributed by atoms with Crippen LogP contribution in [0.1, 0.15) is 39.2 Å². The van der Waals surface area contributed by atoms with Crippen LogP contribution in [-0.4, -0.2) is 25.8 Å². The van der Waals surface area contributed by atoms with E-state index >= 15 is 0 Å². The first-order chi connectivity index (χ1) is 8.88. The number of hydrogen-bond donors (Lipinski definition) is 1. The molecule has 0 atom stereocenters. The van der Waals surface area contributed by atoms with Crippen molar-refractivity contribution in [1.29, 1.82) is 0 Å². The maximum absolute atomic E-state index is 12.5. The molecule has 0 aliphatic heterocycles. The van der Waals surface area contributed by atoms with Crippen LogP contribution in [-0.2, 0) is 16.4 Å². The largest absolute Gasteiger partial charge is 0.398 e. The summed E-state index contributed by atoms with van der Waals surface area (Å²) in [6.45, 7) is 5.99. The van der Waals surface area contributed by atoms with E-state index in [0.717, 1.165) is 24.8 Å². The highest BCUT2D eigenvalue weighted by atomic mass is 32.2. The number of aryl methyl sites for hydroxylation is 1. The summed E-state index contributed by atoms with van der Waals surface area (Å²) >= 11 is 0. The molecule has 0 bridgehead atoms. The SMILES string of the molecule is CCc1ccc(S(=O)(=O)N(C)C(CC)CC)cc1N. The van der Waals surface area contributed by atoms with E-state index in [1.165, 1.54) is 4.31 Å². The number of nitrogens with two attached hydrogens (primary N) is 1. The minimum Gasteiger partial charge on any atom is -0.398 e. The Labute approximate surface area is 116 Å². The zero-order valence-corrected chi connectivity index (χ0v) is 13.0. The van der Waals surface area contributed by atoms with Crippen LogP contribution in [0.25, 0.3) is 0 Å². The Morgan fingerprint density at radius 1 is 1.21 bits per heavy atom. The third kappa shape index (κ3) is 3.28. The van der Waals surface area contributed by atoms with Gasteiger partial charge in [-0.15, -0.1) is 0 Å². The summed E-state index contributed by atoms with van der Waals surface area (Å²) < 4.78 is 26.5. The highest BCUT2D eigenvalue weighted by Crippen LogP contribution is 2.23. The second kappa shape index (κ2) is 6.39. The Hall–Kier alpha value is -1.07. The highest BCUT2D eigenvalue weighted by molar-refractivity contribution is 7.89. The van der Waals surface area contributed by atoms with Gasteiger partial charge in [-0.1, -0.05) is 26.8 Å². The molecule has 5 heteroatoms. The molecule has 2 N–H and O–H groups in total. The summed E-state index contributed by atoms with van der Waals surface area (Å²) in [5, 5.41) is 0. The van der Waals surface area contributed by atoms with Crippen molar-refractivity contribution in [1.82, 2.24) is 4.31 Å². The molecule has 1 aromatic carbocycles. The number of hydrogen-bond acceptors (Lipinski definition) is 3. The molecule has 0 amide bonds. The summed E-state index contributed by atoms with van der Waals surface area (Å²) in [5.74, 6) is 0. The van der Waals surface area contributed by atoms with Gasteiger partial charge in [0.25, 0.3) is 0 Å². The van der Waals surface area contributed by atoms with Crippen molar-refractivity contribution >= 4 is 15.7 Å². The van der Waals surface area contributed by atoms with E-state index in [1.54, 1.807) is 25.2 Å². The van der Waals surface area contributed by atoms with E-state index in [-0.39, 0.29) is 10.9 Å². The Kier molecular flexibility index (Phi) is 5.38. The summed E-state index contributed by atoms with van der Waals surface area (Å²) in [5.41, 5.74) is 7.41. The molecule has 4 nitrogen and oxygen atoms in total. The first-order valence-electron chi connectivity index (χ1n) is 6.74. The second-order valence-corrected chi connectivity index (χ2v) is 6.70. The molecule has 19 heavy (non-hydrogen) atoms. The predicted octanol–water partition coefficient (Wildman–Crippen LogP) is 2.64. The molecule has 1 aromatic rings. The van der Waals surface area contributed by atoms with Gasteiger partial charge in [-0.25, -0.2) is 8.42 Å². The molecule has 0 aliphatic rings. The topological polar surface area (TPSA) is 63.4 Å². The molecular weight excluding hydrogens is 260 g/mol. The van der Waals surface area contributed by atoms with Gasteiger partial charge in [-0.05, 0) is 37.0 Å². The second-order valence-electron chi connectivity index (χ2n) is 4.71. The van der Waals surface area contributed by atoms with E-state index in [9.17, 15) is 8.42 Å². The number of benzene rings is 1. The molecular formula is C14H24N2O2S. The molecule has 0 heterocycles. The molecule has 1 rings (SSSR count). The average Bonchev–Trinajstić information content (AvgIpc) is 2.39. The standard InChI is InChI=1S/C14H24N2O2S/c1-5-11-8-9-13(10-14(11)15)19(17,18)16(4)12(6-2)7-3/h8-10,12H,5-7,15H2,1-4H3. The van der Waals surface area contributed by atoms with E-state index in [1.807, 2.05) is 20.8 Å². The van der Waals surface area contributed by atoms with Crippen molar-refractivity contribution < 1.29 is 8.42 Å². The van der Waals surface area contributed by atoms with Crippen LogP contribution in [0, 0.1) is 0 Å². The molecule has 0 aromatic heterocycles. The van der Waals surface area contributed by atoms with Gasteiger partial charge >= 0.3 is 0 Å². The van der Waals surface area contributed by atoms with Gasteiger partial charge in [0, 0.05) is 18.8 Å². The summed E-state index contributed by atoms with van der Waals surface area (Å²) in [6.07, 6.45) is 2.40. The lowest BCUT2D eigenvalue weighted by atomic mass is 10.1. The van der Waals surface area contributed by atoms with E-state index in [4.69, 9.17) is 5.73 Å². The highest BCUT2D eigenvalue weighted by Gasteiger charge is 2.26. The van der Waals surface area contributed by atoms with Crippen LogP contribution in [0.4, 0.5) is 5.69 Å². The summed E-state index contributed by atoms with van der Waals surface area (Å²) in [4.78, 5) is 0.275. The van der Waals surface area contributed by atoms with Crippen LogP contribution >= 0.6 is 0 Å². The zero-order chi connectivity index (χ0) is 14.6. The number of anilines is 1. The zero-order valence-electron chi connectivity index (χ0n) is 12.2. The quantitative estimate of drug-likeness (QED) is 0.817. The van der Waals surface area contributed by atoms with Crippen LogP contribution in [0.3, 0.4) is 0 Å². The number of rotatable bonds is 6. The van der Waals surface area contributed by atoms with Gasteiger partial charge in [0.15, 0.2) is 0 Å². The predicted molar refractivity (Wildman–Crippen MR) is 79.6 cm³/mol. The monoisotopic (exact) mass is 284 g/mol. The lowest BCUT2D eigenvalue weighted by molar-refractivity contribution is 0.349. The maximum Gasteiger partial charge on any atom is 0.243 e. The third-order valence-corrected chi connectivity index (χ3v) is 5.54. The molecule has 0 aliphatic carbocycles. The van der Waals surface area contributed by atoms with Crippen molar-refractivity contribution in [3.05, 3.63) is 23.8 Å². The summed E-state index contributed by atoms with van der Waals surface area (Å²) in [7, 11) is -1.82. The fourth-order valence-electron chi connectivity index (χ4n) is 2.22. The molecule has 0 fully saturated rings. The fraction of sp³-hybridized carbons (Fsp3) is 0.571. The molecule has 0 radical (unpaired) electrons. The van der Waals surface area contributed by atoms with Gasteiger partial charge in [0.05, 0.1) is 4.90 Å². The van der Waals surface area contributed by atoms with Gasteiger partial charge in [0.1, 0.15) is 0 Å². The third-order valence-electron chi connectivity index (χ3n) is 3.63. The van der Waals surface area contributed by atoms with Gasteiger partial charge < -0.3 is 5.73 Å². The van der Waals surface area contributed by atoms with E-state index in [0.29, 0.717) is 5.69 Å². The smallest absolute Gasteiger partial charge is 0.243 e. The molecule has 108 valence electrons. The van der Waals surface area contributed by atoms with Crippen molar-refractivity contribution in [3.63, 3.8) is 0 Å². The van der Waals surface area contributed by atoms with Gasteiger partial charge in [0.2, 0.25) is 10.0 Å². The minimum atomic E-state index is -3.46. The number of nitrogen functional groups attached to an aromatic ring is 1. The van der Waals surface area contributed by atoms with Crippen molar-refractivity contribution in [2.24, 2.45) is 0 Å².